The Morgan fingerprint density at radius 3 is 2.42 bits per heavy atom. The van der Waals surface area contributed by atoms with Crippen molar-refractivity contribution in [2.75, 3.05) is 32.7 Å². The quantitative estimate of drug-likeness (QED) is 0.232. The predicted molar refractivity (Wildman–Crippen MR) is 188 cm³/mol. The van der Waals surface area contributed by atoms with Gasteiger partial charge in [-0.2, -0.15) is 4.72 Å². The number of carbonyl (C=O) groups is 2. The average Bonchev–Trinajstić information content (AvgIpc) is 3.53. The smallest absolute Gasteiger partial charge is 0.243 e. The first-order valence-corrected chi connectivity index (χ1v) is 18.7. The van der Waals surface area contributed by atoms with E-state index in [0.29, 0.717) is 68.6 Å². The van der Waals surface area contributed by atoms with E-state index >= 15 is 0 Å². The van der Waals surface area contributed by atoms with Crippen LogP contribution in [0.2, 0.25) is 10.0 Å². The number of aryl methyl sites for hydroxylation is 2. The van der Waals surface area contributed by atoms with E-state index in [4.69, 9.17) is 39.4 Å². The maximum atomic E-state index is 14.0. The van der Waals surface area contributed by atoms with Crippen LogP contribution in [0.25, 0.3) is 10.9 Å². The van der Waals surface area contributed by atoms with Gasteiger partial charge >= 0.3 is 0 Å². The van der Waals surface area contributed by atoms with E-state index in [1.54, 1.807) is 15.9 Å². The third kappa shape index (κ3) is 7.74. The Labute approximate surface area is 292 Å². The number of unbranched alkanes of at least 4 members (excludes halogenated alkanes) is 1. The molecule has 1 aliphatic heterocycles. The Bertz CT molecular complexity index is 1780. The molecule has 1 aromatic heterocycles. The van der Waals surface area contributed by atoms with Gasteiger partial charge in [0.15, 0.2) is 0 Å². The monoisotopic (exact) mass is 718 g/mol. The van der Waals surface area contributed by atoms with E-state index < -0.39 is 21.6 Å². The highest BCUT2D eigenvalue weighted by Crippen LogP contribution is 2.37. The van der Waals surface area contributed by atoms with Crippen molar-refractivity contribution >= 4 is 55.9 Å². The molecule has 260 valence electrons. The van der Waals surface area contributed by atoms with Gasteiger partial charge in [-0.3, -0.25) is 9.59 Å². The predicted octanol–water partition coefficient (Wildman–Crippen LogP) is 4.46. The lowest BCUT2D eigenvalue weighted by Crippen LogP contribution is -2.62. The number of pyridine rings is 1. The number of hydrogen-bond acceptors (Lipinski definition) is 8. The number of nitrogens with one attached hydrogen (secondary N) is 1. The summed E-state index contributed by atoms with van der Waals surface area (Å²) in [4.78, 5) is 34.7. The molecule has 0 unspecified atom stereocenters. The molecule has 1 saturated heterocycles. The molecule has 48 heavy (non-hydrogen) atoms. The normalized spacial score (nSPS) is 17.1. The minimum atomic E-state index is -4.28. The van der Waals surface area contributed by atoms with Crippen molar-refractivity contribution in [3.63, 3.8) is 0 Å². The molecule has 5 N–H and O–H groups in total. The summed E-state index contributed by atoms with van der Waals surface area (Å²) in [7, 11) is -4.28. The lowest BCUT2D eigenvalue weighted by Gasteiger charge is -2.40. The second-order valence-electron chi connectivity index (χ2n) is 12.8. The van der Waals surface area contributed by atoms with Gasteiger partial charge in [0.2, 0.25) is 21.8 Å². The third-order valence-electron chi connectivity index (χ3n) is 9.31. The van der Waals surface area contributed by atoms with Crippen LogP contribution >= 0.6 is 23.2 Å². The molecule has 14 heteroatoms. The molecule has 1 saturated carbocycles. The summed E-state index contributed by atoms with van der Waals surface area (Å²) < 4.78 is 36.8. The van der Waals surface area contributed by atoms with Gasteiger partial charge < -0.3 is 26.0 Å². The number of aromatic nitrogens is 1. The standard InChI is InChI=1S/C34H44Cl2N6O5S/c1-22-20-23(2)39-31-24(22)8-7-10-28(31)47-21-25-26(35)11-12-29(30(25)36)48(45,46)40-34(13-4-5-14-34)33(44)42-18-16-41(17-19-42)32(43)27(38)9-3-6-15-37/h7-8,10-12,20,27,40H,3-6,9,13-19,21,37-38H2,1-2H3/t27-/m0/s1. The summed E-state index contributed by atoms with van der Waals surface area (Å²) in [5.74, 6) is 0.0730. The van der Waals surface area contributed by atoms with Crippen LogP contribution in [0.5, 0.6) is 5.75 Å². The molecule has 0 bridgehead atoms. The van der Waals surface area contributed by atoms with Crippen molar-refractivity contribution < 1.29 is 22.7 Å². The highest BCUT2D eigenvalue weighted by molar-refractivity contribution is 7.89. The molecule has 2 fully saturated rings. The number of hydrogen-bond donors (Lipinski definition) is 3. The van der Waals surface area contributed by atoms with E-state index in [2.05, 4.69) is 9.71 Å². The number of nitrogens with two attached hydrogens (primary N) is 2. The van der Waals surface area contributed by atoms with Crippen molar-refractivity contribution in [1.82, 2.24) is 19.5 Å². The van der Waals surface area contributed by atoms with Crippen molar-refractivity contribution in [3.8, 4) is 5.75 Å². The maximum absolute atomic E-state index is 14.0. The van der Waals surface area contributed by atoms with Crippen molar-refractivity contribution in [1.29, 1.82) is 0 Å². The molecule has 11 nitrogen and oxygen atoms in total. The molecule has 2 heterocycles. The lowest BCUT2D eigenvalue weighted by molar-refractivity contribution is -0.144. The van der Waals surface area contributed by atoms with Gasteiger partial charge in [-0.25, -0.2) is 13.4 Å². The van der Waals surface area contributed by atoms with Gasteiger partial charge in [0, 0.05) is 47.8 Å². The van der Waals surface area contributed by atoms with E-state index in [9.17, 15) is 18.0 Å². The molecule has 0 spiro atoms. The molecule has 2 aliphatic rings. The summed E-state index contributed by atoms with van der Waals surface area (Å²) in [5.41, 5.74) is 13.2. The summed E-state index contributed by atoms with van der Waals surface area (Å²) in [6.45, 7) is 5.59. The summed E-state index contributed by atoms with van der Waals surface area (Å²) in [6, 6.07) is 9.82. The van der Waals surface area contributed by atoms with E-state index in [-0.39, 0.29) is 46.5 Å². The van der Waals surface area contributed by atoms with Crippen LogP contribution in [-0.2, 0) is 26.2 Å². The molecule has 5 rings (SSSR count). The summed E-state index contributed by atoms with van der Waals surface area (Å²) in [5, 5.41) is 1.11. The number of benzene rings is 2. The molecule has 2 aromatic carbocycles. The highest BCUT2D eigenvalue weighted by atomic mass is 35.5. The molecule has 0 radical (unpaired) electrons. The fraction of sp³-hybridized carbons (Fsp3) is 0.500. The fourth-order valence-electron chi connectivity index (χ4n) is 6.69. The van der Waals surface area contributed by atoms with Gasteiger partial charge in [0.1, 0.15) is 28.3 Å². The minimum Gasteiger partial charge on any atom is -0.487 e. The Morgan fingerprint density at radius 1 is 1.04 bits per heavy atom. The number of para-hydroxylation sites is 1. The first-order chi connectivity index (χ1) is 22.9. The van der Waals surface area contributed by atoms with Gasteiger partial charge in [0.25, 0.3) is 0 Å². The van der Waals surface area contributed by atoms with Crippen LogP contribution in [0.1, 0.15) is 61.8 Å². The Balaban J connectivity index is 1.31. The molecule has 1 aliphatic carbocycles. The van der Waals surface area contributed by atoms with Crippen LogP contribution in [-0.4, -0.2) is 79.3 Å². The van der Waals surface area contributed by atoms with E-state index in [1.807, 2.05) is 32.0 Å². The summed E-state index contributed by atoms with van der Waals surface area (Å²) >= 11 is 13.3. The largest absolute Gasteiger partial charge is 0.487 e. The molecular formula is C34H44Cl2N6O5S. The van der Waals surface area contributed by atoms with Crippen LogP contribution in [0.3, 0.4) is 0 Å². The number of amides is 2. The fourth-order valence-corrected chi connectivity index (χ4v) is 8.99. The zero-order valence-electron chi connectivity index (χ0n) is 27.4. The number of piperazine rings is 1. The van der Waals surface area contributed by atoms with Crippen molar-refractivity contribution in [2.45, 2.75) is 81.9 Å². The second kappa shape index (κ2) is 15.3. The number of fused-ring (bicyclic) bond motifs is 1. The topological polar surface area (TPSA) is 161 Å². The zero-order valence-corrected chi connectivity index (χ0v) is 29.8. The first-order valence-electron chi connectivity index (χ1n) is 16.4. The Morgan fingerprint density at radius 2 is 1.73 bits per heavy atom. The van der Waals surface area contributed by atoms with E-state index in [1.165, 1.54) is 12.1 Å². The number of sulfonamides is 1. The van der Waals surface area contributed by atoms with Crippen LogP contribution < -0.4 is 20.9 Å². The molecule has 2 amide bonds. The Hall–Kier alpha value is -3.00. The number of carbonyl (C=O) groups excluding carboxylic acids is 2. The van der Waals surface area contributed by atoms with Crippen molar-refractivity contribution in [2.24, 2.45) is 11.5 Å². The number of halogens is 2. The minimum absolute atomic E-state index is 0.0777. The highest BCUT2D eigenvalue weighted by Gasteiger charge is 2.47. The molecule has 1 atom stereocenters. The van der Waals surface area contributed by atoms with Crippen LogP contribution in [0, 0.1) is 13.8 Å². The summed E-state index contributed by atoms with van der Waals surface area (Å²) in [6.07, 6.45) is 4.22. The molecule has 3 aromatic rings. The van der Waals surface area contributed by atoms with Crippen LogP contribution in [0.4, 0.5) is 0 Å². The third-order valence-corrected chi connectivity index (χ3v) is 11.8. The SMILES string of the molecule is Cc1cc(C)c2cccc(OCc3c(Cl)ccc(S(=O)(=O)NC4(C(=O)N5CCN(C(=O)[C@@H](N)CCCCN)CC5)CCCC4)c3Cl)c2n1. The molecular weight excluding hydrogens is 675 g/mol. The zero-order chi connectivity index (χ0) is 34.6. The van der Waals surface area contributed by atoms with Gasteiger partial charge in [0.05, 0.1) is 11.1 Å². The number of rotatable bonds is 12. The first kappa shape index (κ1) is 36.3. The average molecular weight is 720 g/mol. The second-order valence-corrected chi connectivity index (χ2v) is 15.2. The van der Waals surface area contributed by atoms with Crippen LogP contribution in [0.15, 0.2) is 41.3 Å². The van der Waals surface area contributed by atoms with Gasteiger partial charge in [-0.15, -0.1) is 0 Å². The number of nitrogens with zero attached hydrogens (tertiary/aromatic N) is 3. The van der Waals surface area contributed by atoms with Gasteiger partial charge in [-0.1, -0.05) is 54.6 Å². The van der Waals surface area contributed by atoms with Crippen molar-refractivity contribution in [3.05, 3.63) is 63.3 Å². The van der Waals surface area contributed by atoms with Gasteiger partial charge in [-0.05, 0) is 75.9 Å². The number of ether oxygens (including phenoxy) is 1. The Kier molecular flexibility index (Phi) is 11.5. The van der Waals surface area contributed by atoms with E-state index in [0.717, 1.165) is 29.5 Å². The maximum Gasteiger partial charge on any atom is 0.243 e. The lowest BCUT2D eigenvalue weighted by atomic mass is 9.96.